The summed E-state index contributed by atoms with van der Waals surface area (Å²) in [5.74, 6) is 0. The van der Waals surface area contributed by atoms with Gasteiger partial charge in [0.2, 0.25) is 10.0 Å². The number of nitrogens with one attached hydrogen (secondary N) is 1. The quantitative estimate of drug-likeness (QED) is 0.879. The van der Waals surface area contributed by atoms with Crippen molar-refractivity contribution in [1.29, 1.82) is 0 Å². The van der Waals surface area contributed by atoms with Crippen molar-refractivity contribution in [2.75, 3.05) is 6.54 Å². The van der Waals surface area contributed by atoms with Gasteiger partial charge in [0.1, 0.15) is 0 Å². The van der Waals surface area contributed by atoms with Gasteiger partial charge in [-0.3, -0.25) is 0 Å². The summed E-state index contributed by atoms with van der Waals surface area (Å²) < 4.78 is 26.6. The largest absolute Gasteiger partial charge is 0.389 e. The van der Waals surface area contributed by atoms with Gasteiger partial charge in [0.05, 0.1) is 10.5 Å². The highest BCUT2D eigenvalue weighted by molar-refractivity contribution is 7.89. The van der Waals surface area contributed by atoms with Gasteiger partial charge >= 0.3 is 0 Å². The zero-order valence-electron chi connectivity index (χ0n) is 12.4. The number of hydrogen-bond donors (Lipinski definition) is 2. The molecule has 0 amide bonds. The Morgan fingerprint density at radius 1 is 1.00 bits per heavy atom. The van der Waals surface area contributed by atoms with Crippen LogP contribution in [-0.4, -0.2) is 25.7 Å². The molecule has 0 atom stereocenters. The summed E-state index contributed by atoms with van der Waals surface area (Å²) in [6.45, 7) is 3.03. The zero-order chi connectivity index (χ0) is 16.4. The Bertz CT molecular complexity index is 732. The molecule has 0 fully saturated rings. The molecule has 0 radical (unpaired) electrons. The predicted octanol–water partition coefficient (Wildman–Crippen LogP) is 3.06. The molecule has 2 rings (SSSR count). The highest BCUT2D eigenvalue weighted by Gasteiger charge is 2.19. The van der Waals surface area contributed by atoms with E-state index in [-0.39, 0.29) is 11.4 Å². The van der Waals surface area contributed by atoms with Crippen LogP contribution in [0.5, 0.6) is 0 Å². The summed E-state index contributed by atoms with van der Waals surface area (Å²) in [5.41, 5.74) is 0.756. The molecule has 6 heteroatoms. The molecule has 2 N–H and O–H groups in total. The lowest BCUT2D eigenvalue weighted by Gasteiger charge is -2.17. The fraction of sp³-hybridized carbons (Fsp3) is 0.250. The van der Waals surface area contributed by atoms with Crippen LogP contribution in [0.25, 0.3) is 11.1 Å². The lowest BCUT2D eigenvalue weighted by atomic mass is 10.1. The standard InChI is InChI=1S/C16H18ClNO3S/c1-16(2,19)11-18-22(20,21)15-9-5-13(6-10-15)12-3-7-14(17)8-4-12/h3-10,18-19H,11H2,1-2H3. The zero-order valence-corrected chi connectivity index (χ0v) is 13.9. The Hall–Kier alpha value is -1.40. The second-order valence-electron chi connectivity index (χ2n) is 5.67. The van der Waals surface area contributed by atoms with E-state index in [1.54, 1.807) is 38.1 Å². The van der Waals surface area contributed by atoms with Crippen LogP contribution in [-0.2, 0) is 10.0 Å². The van der Waals surface area contributed by atoms with Crippen LogP contribution in [0.3, 0.4) is 0 Å². The van der Waals surface area contributed by atoms with E-state index >= 15 is 0 Å². The van der Waals surface area contributed by atoms with Gasteiger partial charge in [-0.25, -0.2) is 13.1 Å². The maximum Gasteiger partial charge on any atom is 0.240 e. The fourth-order valence-electron chi connectivity index (χ4n) is 1.82. The molecular weight excluding hydrogens is 322 g/mol. The first-order valence-electron chi connectivity index (χ1n) is 6.75. The van der Waals surface area contributed by atoms with Crippen molar-refractivity contribution in [1.82, 2.24) is 4.72 Å². The minimum atomic E-state index is -3.63. The molecule has 0 aliphatic heterocycles. The van der Waals surface area contributed by atoms with Crippen molar-refractivity contribution in [3.63, 3.8) is 0 Å². The molecule has 0 saturated carbocycles. The van der Waals surface area contributed by atoms with Crippen LogP contribution >= 0.6 is 11.6 Å². The summed E-state index contributed by atoms with van der Waals surface area (Å²) >= 11 is 5.85. The van der Waals surface area contributed by atoms with Crippen LogP contribution in [0.15, 0.2) is 53.4 Å². The molecule has 0 aromatic heterocycles. The van der Waals surface area contributed by atoms with Crippen LogP contribution < -0.4 is 4.72 Å². The summed E-state index contributed by atoms with van der Waals surface area (Å²) in [6, 6.07) is 13.9. The van der Waals surface area contributed by atoms with Crippen LogP contribution in [0.4, 0.5) is 0 Å². The Morgan fingerprint density at radius 2 is 1.45 bits per heavy atom. The molecule has 0 saturated heterocycles. The first-order chi connectivity index (χ1) is 10.2. The average Bonchev–Trinajstić information content (AvgIpc) is 2.46. The van der Waals surface area contributed by atoms with E-state index < -0.39 is 15.6 Å². The van der Waals surface area contributed by atoms with E-state index in [4.69, 9.17) is 11.6 Å². The van der Waals surface area contributed by atoms with E-state index in [2.05, 4.69) is 4.72 Å². The monoisotopic (exact) mass is 339 g/mol. The van der Waals surface area contributed by atoms with Gasteiger partial charge in [-0.1, -0.05) is 35.9 Å². The third kappa shape index (κ3) is 4.55. The van der Waals surface area contributed by atoms with Gasteiger partial charge in [-0.15, -0.1) is 0 Å². The Morgan fingerprint density at radius 3 is 1.91 bits per heavy atom. The van der Waals surface area contributed by atoms with Crippen molar-refractivity contribution >= 4 is 21.6 Å². The third-order valence-corrected chi connectivity index (χ3v) is 4.71. The predicted molar refractivity (Wildman–Crippen MR) is 88.4 cm³/mol. The molecule has 0 aliphatic rings. The van der Waals surface area contributed by atoms with E-state index in [1.807, 2.05) is 12.1 Å². The lowest BCUT2D eigenvalue weighted by Crippen LogP contribution is -2.38. The molecule has 0 aliphatic carbocycles. The van der Waals surface area contributed by atoms with Gasteiger partial charge < -0.3 is 5.11 Å². The Labute approximate surface area is 135 Å². The highest BCUT2D eigenvalue weighted by atomic mass is 35.5. The SMILES string of the molecule is CC(C)(O)CNS(=O)(=O)c1ccc(-c2ccc(Cl)cc2)cc1. The van der Waals surface area contributed by atoms with E-state index in [9.17, 15) is 13.5 Å². The Balaban J connectivity index is 2.19. The van der Waals surface area contributed by atoms with Gasteiger partial charge in [-0.2, -0.15) is 0 Å². The molecule has 0 heterocycles. The van der Waals surface area contributed by atoms with Crippen LogP contribution in [0.2, 0.25) is 5.02 Å². The molecule has 0 unspecified atom stereocenters. The number of rotatable bonds is 5. The second-order valence-corrected chi connectivity index (χ2v) is 7.87. The van der Waals surface area contributed by atoms with E-state index in [1.165, 1.54) is 12.1 Å². The van der Waals surface area contributed by atoms with Gasteiger partial charge in [0.15, 0.2) is 0 Å². The molecule has 22 heavy (non-hydrogen) atoms. The number of benzene rings is 2. The molecule has 4 nitrogen and oxygen atoms in total. The van der Waals surface area contributed by atoms with Crippen molar-refractivity contribution in [2.45, 2.75) is 24.3 Å². The third-order valence-electron chi connectivity index (χ3n) is 3.04. The molecule has 0 bridgehead atoms. The first-order valence-corrected chi connectivity index (χ1v) is 8.62. The second kappa shape index (κ2) is 6.38. The number of halogens is 1. The number of aliphatic hydroxyl groups is 1. The summed E-state index contributed by atoms with van der Waals surface area (Å²) in [7, 11) is -3.63. The summed E-state index contributed by atoms with van der Waals surface area (Å²) in [5, 5.41) is 10.3. The van der Waals surface area contributed by atoms with E-state index in [0.717, 1.165) is 11.1 Å². The molecule has 0 spiro atoms. The van der Waals surface area contributed by atoms with Gasteiger partial charge in [-0.05, 0) is 49.2 Å². The van der Waals surface area contributed by atoms with Crippen molar-refractivity contribution in [2.24, 2.45) is 0 Å². The molecule has 2 aromatic carbocycles. The first kappa shape index (κ1) is 17.0. The average molecular weight is 340 g/mol. The minimum Gasteiger partial charge on any atom is -0.389 e. The van der Waals surface area contributed by atoms with Gasteiger partial charge in [0, 0.05) is 11.6 Å². The van der Waals surface area contributed by atoms with E-state index in [0.29, 0.717) is 5.02 Å². The highest BCUT2D eigenvalue weighted by Crippen LogP contribution is 2.23. The lowest BCUT2D eigenvalue weighted by molar-refractivity contribution is 0.0857. The summed E-state index contributed by atoms with van der Waals surface area (Å²) in [6.07, 6.45) is 0. The fourth-order valence-corrected chi connectivity index (χ4v) is 3.15. The topological polar surface area (TPSA) is 66.4 Å². The molecular formula is C16H18ClNO3S. The van der Waals surface area contributed by atoms with Crippen LogP contribution in [0.1, 0.15) is 13.8 Å². The maximum atomic E-state index is 12.1. The van der Waals surface area contributed by atoms with Crippen molar-refractivity contribution in [3.05, 3.63) is 53.6 Å². The Kier molecular flexibility index (Phi) is 4.92. The smallest absolute Gasteiger partial charge is 0.240 e. The number of sulfonamides is 1. The molecule has 118 valence electrons. The maximum absolute atomic E-state index is 12.1. The van der Waals surface area contributed by atoms with Crippen molar-refractivity contribution < 1.29 is 13.5 Å². The van der Waals surface area contributed by atoms with Crippen LogP contribution in [0, 0.1) is 0 Å². The summed E-state index contributed by atoms with van der Waals surface area (Å²) in [4.78, 5) is 0.162. The minimum absolute atomic E-state index is 0.0474. The molecule has 2 aromatic rings. The number of hydrogen-bond acceptors (Lipinski definition) is 3. The van der Waals surface area contributed by atoms with Gasteiger partial charge in [0.25, 0.3) is 0 Å². The van der Waals surface area contributed by atoms with Crippen molar-refractivity contribution in [3.8, 4) is 11.1 Å². The normalized spacial score (nSPS) is 12.4.